The van der Waals surface area contributed by atoms with Crippen molar-refractivity contribution in [2.75, 3.05) is 20.0 Å². The largest absolute Gasteiger partial charge is 0.504 e. The number of aromatic hydroxyl groups is 1. The Balaban J connectivity index is 2.41. The predicted molar refractivity (Wildman–Crippen MR) is 102 cm³/mol. The third-order valence-corrected chi connectivity index (χ3v) is 4.74. The number of phenolic OH excluding ortho intramolecular Hbond substituents is 1. The lowest BCUT2D eigenvalue weighted by Gasteiger charge is -2.18. The van der Waals surface area contributed by atoms with Gasteiger partial charge in [-0.3, -0.25) is 9.59 Å². The lowest BCUT2D eigenvalue weighted by Crippen LogP contribution is -2.26. The minimum Gasteiger partial charge on any atom is -0.504 e. The summed E-state index contributed by atoms with van der Waals surface area (Å²) in [4.78, 5) is 24.1. The molecule has 4 N–H and O–H groups in total. The molecule has 1 atom stereocenters. The van der Waals surface area contributed by atoms with Gasteiger partial charge >= 0.3 is 0 Å². The molecule has 2 aromatic rings. The van der Waals surface area contributed by atoms with Crippen LogP contribution in [0.2, 0.25) is 0 Å². The van der Waals surface area contributed by atoms with Crippen molar-refractivity contribution < 1.29 is 19.4 Å². The van der Waals surface area contributed by atoms with E-state index in [1.165, 1.54) is 27.2 Å². The third kappa shape index (κ3) is 3.28. The van der Waals surface area contributed by atoms with Crippen molar-refractivity contribution in [2.45, 2.75) is 25.8 Å². The highest BCUT2D eigenvalue weighted by atomic mass is 16.5. The number of methoxy groups -OCH3 is 2. The normalized spacial score (nSPS) is 15.1. The smallest absolute Gasteiger partial charge is 0.217 e. The number of carbonyl (C=O) groups excluding carboxylic acids is 1. The van der Waals surface area contributed by atoms with Gasteiger partial charge in [-0.05, 0) is 47.7 Å². The van der Waals surface area contributed by atoms with Gasteiger partial charge in [-0.1, -0.05) is 6.07 Å². The number of anilines is 1. The Morgan fingerprint density at radius 3 is 2.56 bits per heavy atom. The summed E-state index contributed by atoms with van der Waals surface area (Å²) in [6.07, 6.45) is 1.12. The molecule has 0 saturated carbocycles. The molecule has 2 aromatic carbocycles. The van der Waals surface area contributed by atoms with Crippen molar-refractivity contribution in [3.05, 3.63) is 45.6 Å². The van der Waals surface area contributed by atoms with Crippen molar-refractivity contribution in [2.24, 2.45) is 0 Å². The zero-order chi connectivity index (χ0) is 19.7. The van der Waals surface area contributed by atoms with Crippen LogP contribution in [0.3, 0.4) is 0 Å². The van der Waals surface area contributed by atoms with Crippen LogP contribution in [0.4, 0.5) is 5.69 Å². The van der Waals surface area contributed by atoms with Crippen LogP contribution in [-0.4, -0.2) is 25.2 Å². The average molecular weight is 370 g/mol. The topological polar surface area (TPSA) is 111 Å². The van der Waals surface area contributed by atoms with Crippen LogP contribution in [0.1, 0.15) is 30.5 Å². The number of hydrogen-bond donors (Lipinski definition) is 3. The Morgan fingerprint density at radius 1 is 1.22 bits per heavy atom. The molecule has 0 aliphatic heterocycles. The van der Waals surface area contributed by atoms with E-state index < -0.39 is 0 Å². The molecule has 1 aliphatic carbocycles. The highest BCUT2D eigenvalue weighted by Gasteiger charge is 2.28. The maximum absolute atomic E-state index is 12.3. The Kier molecular flexibility index (Phi) is 4.94. The molecule has 0 saturated heterocycles. The van der Waals surface area contributed by atoms with Gasteiger partial charge in [0, 0.05) is 12.5 Å². The van der Waals surface area contributed by atoms with Gasteiger partial charge in [0.2, 0.25) is 17.1 Å². The first kappa shape index (κ1) is 18.6. The second-order valence-electron chi connectivity index (χ2n) is 6.45. The Bertz CT molecular complexity index is 971. The highest BCUT2D eigenvalue weighted by Crippen LogP contribution is 2.49. The second kappa shape index (κ2) is 7.19. The van der Waals surface area contributed by atoms with Crippen LogP contribution >= 0.6 is 0 Å². The van der Waals surface area contributed by atoms with Crippen LogP contribution in [0.15, 0.2) is 29.1 Å². The number of aryl methyl sites for hydroxylation is 1. The number of nitrogen functional groups attached to an aromatic ring is 1. The van der Waals surface area contributed by atoms with E-state index in [-0.39, 0.29) is 34.6 Å². The van der Waals surface area contributed by atoms with E-state index in [4.69, 9.17) is 15.2 Å². The molecule has 0 aromatic heterocycles. The molecule has 0 heterocycles. The fourth-order valence-electron chi connectivity index (χ4n) is 3.58. The molecule has 7 heteroatoms. The number of nitrogens with one attached hydrogen (secondary N) is 1. The zero-order valence-corrected chi connectivity index (χ0v) is 15.5. The number of fused-ring (bicyclic) bond motifs is 3. The molecule has 0 unspecified atom stereocenters. The Morgan fingerprint density at radius 2 is 1.93 bits per heavy atom. The van der Waals surface area contributed by atoms with Gasteiger partial charge in [0.15, 0.2) is 11.5 Å². The molecule has 142 valence electrons. The number of rotatable bonds is 3. The minimum absolute atomic E-state index is 0.0306. The SMILES string of the molecule is COc1c(O)cc2c(c1OC)-c1ccc(N)c(=O)cc1[C@@H](NC(C)=O)CC2. The number of nitrogens with two attached hydrogens (primary N) is 1. The first-order chi connectivity index (χ1) is 12.9. The van der Waals surface area contributed by atoms with Crippen LogP contribution in [0.25, 0.3) is 11.1 Å². The quantitative estimate of drug-likeness (QED) is 0.763. The molecule has 1 amide bonds. The lowest BCUT2D eigenvalue weighted by molar-refractivity contribution is -0.119. The number of hydrogen-bond acceptors (Lipinski definition) is 6. The molecule has 0 spiro atoms. The number of amides is 1. The van der Waals surface area contributed by atoms with Crippen LogP contribution in [0, 0.1) is 0 Å². The number of phenols is 1. The Labute approximate surface area is 156 Å². The maximum atomic E-state index is 12.3. The van der Waals surface area contributed by atoms with E-state index >= 15 is 0 Å². The van der Waals surface area contributed by atoms with Crippen LogP contribution in [0.5, 0.6) is 17.2 Å². The van der Waals surface area contributed by atoms with E-state index in [2.05, 4.69) is 5.32 Å². The van der Waals surface area contributed by atoms with Gasteiger partial charge in [0.1, 0.15) is 0 Å². The third-order valence-electron chi connectivity index (χ3n) is 4.74. The van der Waals surface area contributed by atoms with E-state index in [1.54, 1.807) is 18.2 Å². The minimum atomic E-state index is -0.373. The molecule has 27 heavy (non-hydrogen) atoms. The van der Waals surface area contributed by atoms with Gasteiger partial charge in [-0.25, -0.2) is 0 Å². The van der Waals surface area contributed by atoms with E-state index in [1.807, 2.05) is 0 Å². The van der Waals surface area contributed by atoms with Crippen molar-refractivity contribution in [3.63, 3.8) is 0 Å². The maximum Gasteiger partial charge on any atom is 0.217 e. The lowest BCUT2D eigenvalue weighted by atomic mass is 9.95. The number of carbonyl (C=O) groups is 1. The molecule has 0 fully saturated rings. The number of benzene rings is 1. The average Bonchev–Trinajstić information content (AvgIpc) is 2.85. The molecule has 0 radical (unpaired) electrons. The van der Waals surface area contributed by atoms with Gasteiger partial charge < -0.3 is 25.6 Å². The summed E-state index contributed by atoms with van der Waals surface area (Å²) in [5, 5.41) is 13.2. The van der Waals surface area contributed by atoms with E-state index in [0.717, 1.165) is 5.56 Å². The van der Waals surface area contributed by atoms with Crippen molar-refractivity contribution in [1.82, 2.24) is 5.32 Å². The monoisotopic (exact) mass is 370 g/mol. The standard InChI is InChI=1S/C20H22N2O5/c1-10(23)22-15-7-4-11-8-17(25)19(26-2)20(27-3)18(11)12-5-6-14(21)16(24)9-13(12)15/h5-6,8-9,15,25H,4,7H2,1-3H3,(H2,21,24)(H,22,23)/t15-/m0/s1. The first-order valence-electron chi connectivity index (χ1n) is 8.55. The molecule has 0 bridgehead atoms. The van der Waals surface area contributed by atoms with Gasteiger partial charge in [-0.15, -0.1) is 0 Å². The molecular weight excluding hydrogens is 348 g/mol. The fourth-order valence-corrected chi connectivity index (χ4v) is 3.58. The molecule has 7 nitrogen and oxygen atoms in total. The van der Waals surface area contributed by atoms with Crippen LogP contribution < -0.4 is 26.0 Å². The van der Waals surface area contributed by atoms with Crippen molar-refractivity contribution in [1.29, 1.82) is 0 Å². The highest BCUT2D eigenvalue weighted by molar-refractivity contribution is 5.83. The summed E-state index contributed by atoms with van der Waals surface area (Å²) in [6, 6.07) is 6.00. The zero-order valence-electron chi connectivity index (χ0n) is 15.5. The summed E-state index contributed by atoms with van der Waals surface area (Å²) in [5.74, 6) is 0.352. The molecule has 3 rings (SSSR count). The predicted octanol–water partition coefficient (Wildman–Crippen LogP) is 2.14. The summed E-state index contributed by atoms with van der Waals surface area (Å²) in [6.45, 7) is 1.43. The molecule has 1 aliphatic rings. The molecular formula is C20H22N2O5. The summed E-state index contributed by atoms with van der Waals surface area (Å²) >= 11 is 0. The van der Waals surface area contributed by atoms with Crippen molar-refractivity contribution >= 4 is 11.6 Å². The second-order valence-corrected chi connectivity index (χ2v) is 6.45. The number of ether oxygens (including phenoxy) is 2. The van der Waals surface area contributed by atoms with E-state index in [9.17, 15) is 14.7 Å². The summed E-state index contributed by atoms with van der Waals surface area (Å²) in [7, 11) is 2.93. The van der Waals surface area contributed by atoms with Gasteiger partial charge in [-0.2, -0.15) is 0 Å². The first-order valence-corrected chi connectivity index (χ1v) is 8.55. The summed E-state index contributed by atoms with van der Waals surface area (Å²) in [5.41, 5.74) is 8.51. The van der Waals surface area contributed by atoms with Gasteiger partial charge in [0.05, 0.1) is 25.9 Å². The van der Waals surface area contributed by atoms with E-state index in [0.29, 0.717) is 35.3 Å². The fraction of sp³-hybridized carbons (Fsp3) is 0.300. The Hall–Kier alpha value is -3.22. The summed E-state index contributed by atoms with van der Waals surface area (Å²) < 4.78 is 10.9. The van der Waals surface area contributed by atoms with Crippen molar-refractivity contribution in [3.8, 4) is 28.4 Å². The van der Waals surface area contributed by atoms with Gasteiger partial charge in [0.25, 0.3) is 0 Å². The van der Waals surface area contributed by atoms with Crippen LogP contribution in [-0.2, 0) is 11.2 Å².